The Morgan fingerprint density at radius 1 is 0.242 bits per heavy atom. The van der Waals surface area contributed by atoms with Gasteiger partial charge in [-0.25, -0.2) is 0 Å². The Morgan fingerprint density at radius 2 is 0.652 bits per heavy atom. The fourth-order valence-corrected chi connectivity index (χ4v) is 11.2. The highest BCUT2D eigenvalue weighted by Crippen LogP contribution is 2.63. The van der Waals surface area contributed by atoms with Gasteiger partial charge in [0.2, 0.25) is 0 Å². The Morgan fingerprint density at radius 3 is 1.24 bits per heavy atom. The van der Waals surface area contributed by atoms with E-state index in [1.165, 1.54) is 99.8 Å². The predicted octanol–water partition coefficient (Wildman–Crippen LogP) is 17.3. The molecule has 0 aliphatic heterocycles. The maximum absolute atomic E-state index is 2.47. The number of anilines is 3. The summed E-state index contributed by atoms with van der Waals surface area (Å²) in [7, 11) is 0. The van der Waals surface area contributed by atoms with Crippen LogP contribution in [0.15, 0.2) is 261 Å². The lowest BCUT2D eigenvalue weighted by molar-refractivity contribution is 0.793. The number of nitrogens with zero attached hydrogens (tertiary/aromatic N) is 1. The molecule has 308 valence electrons. The minimum Gasteiger partial charge on any atom is -0.310 e. The Labute approximate surface area is 386 Å². The molecule has 11 aromatic carbocycles. The quantitative estimate of drug-likeness (QED) is 0.155. The van der Waals surface area contributed by atoms with Gasteiger partial charge >= 0.3 is 0 Å². The molecule has 0 radical (unpaired) electrons. The number of benzene rings is 11. The average molecular weight is 838 g/mol. The highest BCUT2D eigenvalue weighted by molar-refractivity contribution is 6.04. The molecule has 13 rings (SSSR count). The van der Waals surface area contributed by atoms with Crippen molar-refractivity contribution in [3.63, 3.8) is 0 Å². The van der Waals surface area contributed by atoms with Crippen LogP contribution in [-0.2, 0) is 5.41 Å². The second kappa shape index (κ2) is 15.3. The maximum atomic E-state index is 2.47. The smallest absolute Gasteiger partial charge is 0.0726 e. The van der Waals surface area contributed by atoms with E-state index in [4.69, 9.17) is 0 Å². The Balaban J connectivity index is 0.908. The zero-order valence-corrected chi connectivity index (χ0v) is 36.3. The molecule has 2 aliphatic carbocycles. The summed E-state index contributed by atoms with van der Waals surface area (Å²) in [6.45, 7) is 0. The molecule has 0 unspecified atom stereocenters. The third kappa shape index (κ3) is 5.87. The van der Waals surface area contributed by atoms with Gasteiger partial charge in [-0.05, 0) is 136 Å². The van der Waals surface area contributed by atoms with Crippen molar-refractivity contribution in [2.24, 2.45) is 0 Å². The third-order valence-corrected chi connectivity index (χ3v) is 14.1. The van der Waals surface area contributed by atoms with Crippen LogP contribution in [0.4, 0.5) is 17.1 Å². The summed E-state index contributed by atoms with van der Waals surface area (Å²) in [5.41, 5.74) is 23.2. The predicted molar refractivity (Wildman–Crippen MR) is 277 cm³/mol. The van der Waals surface area contributed by atoms with Crippen LogP contribution in [0.25, 0.3) is 77.5 Å². The van der Waals surface area contributed by atoms with E-state index in [0.717, 1.165) is 17.1 Å². The molecule has 0 bridgehead atoms. The Hall–Kier alpha value is -8.52. The van der Waals surface area contributed by atoms with Gasteiger partial charge in [-0.1, -0.05) is 224 Å². The summed E-state index contributed by atoms with van der Waals surface area (Å²) in [6.07, 6.45) is 0. The van der Waals surface area contributed by atoms with Crippen molar-refractivity contribution < 1.29 is 0 Å². The molecule has 1 spiro atoms. The molecule has 0 N–H and O–H groups in total. The molecule has 0 saturated heterocycles. The van der Waals surface area contributed by atoms with Crippen LogP contribution in [0, 0.1) is 0 Å². The number of para-hydroxylation sites is 1. The molecule has 11 aromatic rings. The van der Waals surface area contributed by atoms with Crippen molar-refractivity contribution in [1.29, 1.82) is 0 Å². The molecule has 0 atom stereocenters. The molecule has 0 amide bonds. The topological polar surface area (TPSA) is 3.24 Å². The summed E-state index contributed by atoms with van der Waals surface area (Å²) in [4.78, 5) is 2.42. The van der Waals surface area contributed by atoms with E-state index in [-0.39, 0.29) is 0 Å². The van der Waals surface area contributed by atoms with Crippen molar-refractivity contribution >= 4 is 27.8 Å². The van der Waals surface area contributed by atoms with E-state index in [2.05, 4.69) is 266 Å². The van der Waals surface area contributed by atoms with Gasteiger partial charge in [0.25, 0.3) is 0 Å². The first kappa shape index (κ1) is 38.0. The van der Waals surface area contributed by atoms with E-state index >= 15 is 0 Å². The minimum atomic E-state index is -0.418. The monoisotopic (exact) mass is 837 g/mol. The number of fused-ring (bicyclic) bond motifs is 11. The van der Waals surface area contributed by atoms with Gasteiger partial charge in [0.1, 0.15) is 0 Å². The SMILES string of the molecule is c1ccc(-c2ccc(-c3ccc(-c4c(-c5ccc(N(c6ccccc6)c6ccc7c(c6)C6(c8ccccc8-c8ccccc86)c6ccccc6-7)cc5)ccc5ccccc45)cc3)cc2)cc1. The highest BCUT2D eigenvalue weighted by Gasteiger charge is 2.51. The largest absolute Gasteiger partial charge is 0.310 e. The third-order valence-electron chi connectivity index (χ3n) is 14.1. The van der Waals surface area contributed by atoms with Gasteiger partial charge < -0.3 is 4.90 Å². The van der Waals surface area contributed by atoms with Gasteiger partial charge in [-0.2, -0.15) is 0 Å². The van der Waals surface area contributed by atoms with Crippen LogP contribution in [0.5, 0.6) is 0 Å². The van der Waals surface area contributed by atoms with Crippen LogP contribution in [0.1, 0.15) is 22.3 Å². The van der Waals surface area contributed by atoms with Crippen molar-refractivity contribution in [2.45, 2.75) is 5.41 Å². The van der Waals surface area contributed by atoms with Crippen molar-refractivity contribution in [3.8, 4) is 66.8 Å². The second-order valence-electron chi connectivity index (χ2n) is 17.6. The number of hydrogen-bond acceptors (Lipinski definition) is 1. The van der Waals surface area contributed by atoms with E-state index in [9.17, 15) is 0 Å². The summed E-state index contributed by atoms with van der Waals surface area (Å²) >= 11 is 0. The normalized spacial score (nSPS) is 12.7. The second-order valence-corrected chi connectivity index (χ2v) is 17.6. The molecule has 1 heteroatoms. The van der Waals surface area contributed by atoms with Crippen LogP contribution in [0.2, 0.25) is 0 Å². The Kier molecular flexibility index (Phi) is 8.82. The number of hydrogen-bond donors (Lipinski definition) is 0. The van der Waals surface area contributed by atoms with Gasteiger partial charge in [-0.3, -0.25) is 0 Å². The summed E-state index contributed by atoms with van der Waals surface area (Å²) in [5.74, 6) is 0. The standard InChI is InChI=1S/C65H43N/c1-3-15-44(16-4-1)45-27-29-46(30-28-45)47-31-33-50(34-32-47)64-54-20-8-7-17-48(54)37-41-55(64)49-35-38-52(39-36-49)66(51-18-5-2-6-19-51)53-40-42-59-58-23-11-14-26-62(58)65(63(59)43-53)60-24-12-9-21-56(60)57-22-10-13-25-61(57)65/h1-43H. The van der Waals surface area contributed by atoms with Crippen molar-refractivity contribution in [3.05, 3.63) is 283 Å². The molecule has 2 aliphatic rings. The van der Waals surface area contributed by atoms with E-state index < -0.39 is 5.41 Å². The van der Waals surface area contributed by atoms with Gasteiger partial charge in [0.15, 0.2) is 0 Å². The molecular formula is C65H43N. The summed E-state index contributed by atoms with van der Waals surface area (Å²) in [5, 5.41) is 2.47. The first-order chi connectivity index (χ1) is 32.7. The van der Waals surface area contributed by atoms with Crippen molar-refractivity contribution in [2.75, 3.05) is 4.90 Å². The maximum Gasteiger partial charge on any atom is 0.0726 e. The van der Waals surface area contributed by atoms with Crippen LogP contribution in [-0.4, -0.2) is 0 Å². The van der Waals surface area contributed by atoms with Crippen LogP contribution >= 0.6 is 0 Å². The average Bonchev–Trinajstić information content (AvgIpc) is 3.86. The molecule has 1 nitrogen and oxygen atoms in total. The van der Waals surface area contributed by atoms with E-state index in [0.29, 0.717) is 0 Å². The fourth-order valence-electron chi connectivity index (χ4n) is 11.2. The lowest BCUT2D eigenvalue weighted by atomic mass is 9.70. The zero-order valence-electron chi connectivity index (χ0n) is 36.3. The molecule has 0 heterocycles. The first-order valence-corrected chi connectivity index (χ1v) is 22.9. The lowest BCUT2D eigenvalue weighted by Gasteiger charge is -2.32. The molecule has 0 aromatic heterocycles. The van der Waals surface area contributed by atoms with Crippen LogP contribution < -0.4 is 4.90 Å². The van der Waals surface area contributed by atoms with E-state index in [1.807, 2.05) is 0 Å². The lowest BCUT2D eigenvalue weighted by Crippen LogP contribution is -2.26. The summed E-state index contributed by atoms with van der Waals surface area (Å²) in [6, 6.07) is 96.1. The van der Waals surface area contributed by atoms with Gasteiger partial charge in [0.05, 0.1) is 5.41 Å². The Bertz CT molecular complexity index is 3540. The van der Waals surface area contributed by atoms with E-state index in [1.54, 1.807) is 0 Å². The molecular weight excluding hydrogens is 795 g/mol. The molecule has 0 fully saturated rings. The minimum absolute atomic E-state index is 0.418. The zero-order chi connectivity index (χ0) is 43.6. The first-order valence-electron chi connectivity index (χ1n) is 22.9. The molecule has 0 saturated carbocycles. The van der Waals surface area contributed by atoms with Crippen molar-refractivity contribution in [1.82, 2.24) is 0 Å². The molecule has 66 heavy (non-hydrogen) atoms. The highest BCUT2D eigenvalue weighted by atomic mass is 15.1. The number of rotatable bonds is 7. The fraction of sp³-hybridized carbons (Fsp3) is 0.0154. The van der Waals surface area contributed by atoms with Gasteiger partial charge in [-0.15, -0.1) is 0 Å². The van der Waals surface area contributed by atoms with Crippen LogP contribution in [0.3, 0.4) is 0 Å². The summed E-state index contributed by atoms with van der Waals surface area (Å²) < 4.78 is 0. The van der Waals surface area contributed by atoms with Gasteiger partial charge in [0, 0.05) is 17.1 Å².